The summed E-state index contributed by atoms with van der Waals surface area (Å²) in [5, 5.41) is 4.79. The SMILES string of the molecule is NS(=O)(=O)Nc1cccc(NS(=O)(=O)CBr)c1. The maximum Gasteiger partial charge on any atom is 0.296 e. The van der Waals surface area contributed by atoms with Crippen molar-refractivity contribution < 1.29 is 16.8 Å². The zero-order chi connectivity index (χ0) is 13.1. The van der Waals surface area contributed by atoms with Crippen LogP contribution in [0.2, 0.25) is 0 Å². The molecular formula is C7H10BrN3O4S2. The second kappa shape index (κ2) is 5.21. The highest BCUT2D eigenvalue weighted by molar-refractivity contribution is 9.10. The fourth-order valence-corrected chi connectivity index (χ4v) is 2.36. The van der Waals surface area contributed by atoms with Gasteiger partial charge in [0.15, 0.2) is 0 Å². The van der Waals surface area contributed by atoms with E-state index >= 15 is 0 Å². The number of halogens is 1. The van der Waals surface area contributed by atoms with E-state index in [1.165, 1.54) is 24.3 Å². The van der Waals surface area contributed by atoms with E-state index in [2.05, 4.69) is 20.7 Å². The van der Waals surface area contributed by atoms with Crippen LogP contribution in [0, 0.1) is 0 Å². The van der Waals surface area contributed by atoms with Crippen LogP contribution in [0.5, 0.6) is 0 Å². The van der Waals surface area contributed by atoms with Crippen LogP contribution in [0.1, 0.15) is 0 Å². The predicted molar refractivity (Wildman–Crippen MR) is 69.5 cm³/mol. The number of nitrogens with two attached hydrogens (primary N) is 1. The first-order valence-corrected chi connectivity index (χ1v) is 8.51. The number of anilines is 2. The topological polar surface area (TPSA) is 118 Å². The monoisotopic (exact) mass is 343 g/mol. The number of hydrogen-bond acceptors (Lipinski definition) is 4. The molecule has 0 aliphatic carbocycles. The van der Waals surface area contributed by atoms with Crippen molar-refractivity contribution in [3.8, 4) is 0 Å². The fraction of sp³-hybridized carbons (Fsp3) is 0.143. The molecule has 0 atom stereocenters. The van der Waals surface area contributed by atoms with Crippen LogP contribution in [0.3, 0.4) is 0 Å². The van der Waals surface area contributed by atoms with Gasteiger partial charge in [-0.25, -0.2) is 13.6 Å². The molecule has 0 unspecified atom stereocenters. The highest BCUT2D eigenvalue weighted by atomic mass is 79.9. The standard InChI is InChI=1S/C7H10BrN3O4S2/c8-5-16(12,13)10-6-2-1-3-7(4-6)11-17(9,14)15/h1-4,10-11H,5H2,(H2,9,14,15). The lowest BCUT2D eigenvalue weighted by Gasteiger charge is -2.08. The Morgan fingerprint density at radius 1 is 1.12 bits per heavy atom. The predicted octanol–water partition coefficient (Wildman–Crippen LogP) is 0.396. The molecule has 0 saturated heterocycles. The second-order valence-corrected chi connectivity index (χ2v) is 7.37. The maximum absolute atomic E-state index is 11.2. The van der Waals surface area contributed by atoms with E-state index in [9.17, 15) is 16.8 Å². The first kappa shape index (κ1) is 14.2. The number of hydrogen-bond donors (Lipinski definition) is 3. The number of rotatable bonds is 5. The third-order valence-corrected chi connectivity index (χ3v) is 4.70. The third kappa shape index (κ3) is 5.35. The van der Waals surface area contributed by atoms with E-state index in [4.69, 9.17) is 5.14 Å². The fourth-order valence-electron chi connectivity index (χ4n) is 1.02. The van der Waals surface area contributed by atoms with E-state index in [1.807, 2.05) is 4.72 Å². The van der Waals surface area contributed by atoms with Gasteiger partial charge in [0.25, 0.3) is 10.2 Å². The van der Waals surface area contributed by atoms with Crippen LogP contribution in [0.15, 0.2) is 24.3 Å². The Hall–Kier alpha value is -0.840. The summed E-state index contributed by atoms with van der Waals surface area (Å²) in [6.45, 7) is 0. The Bertz CT molecular complexity index is 599. The molecule has 0 fully saturated rings. The van der Waals surface area contributed by atoms with E-state index in [0.29, 0.717) is 0 Å². The molecule has 0 heterocycles. The first-order chi connectivity index (χ1) is 7.72. The lowest BCUT2D eigenvalue weighted by molar-refractivity contribution is 0.602. The Morgan fingerprint density at radius 3 is 2.12 bits per heavy atom. The summed E-state index contributed by atoms with van der Waals surface area (Å²) in [4.78, 5) is 0. The van der Waals surface area contributed by atoms with Gasteiger partial charge in [0.1, 0.15) is 4.66 Å². The van der Waals surface area contributed by atoms with Gasteiger partial charge in [0, 0.05) is 0 Å². The quantitative estimate of drug-likeness (QED) is 0.670. The molecule has 17 heavy (non-hydrogen) atoms. The van der Waals surface area contributed by atoms with Crippen molar-refractivity contribution in [3.63, 3.8) is 0 Å². The average Bonchev–Trinajstić information content (AvgIpc) is 2.14. The molecule has 0 radical (unpaired) electrons. The van der Waals surface area contributed by atoms with Gasteiger partial charge in [0.05, 0.1) is 11.4 Å². The van der Waals surface area contributed by atoms with Crippen molar-refractivity contribution in [2.75, 3.05) is 14.1 Å². The molecule has 1 aromatic carbocycles. The van der Waals surface area contributed by atoms with E-state index in [0.717, 1.165) is 0 Å². The molecule has 0 amide bonds. The lowest BCUT2D eigenvalue weighted by Crippen LogP contribution is -2.21. The van der Waals surface area contributed by atoms with Gasteiger partial charge in [-0.3, -0.25) is 9.44 Å². The molecule has 0 aromatic heterocycles. The zero-order valence-electron chi connectivity index (χ0n) is 8.42. The Balaban J connectivity index is 2.95. The van der Waals surface area contributed by atoms with Crippen molar-refractivity contribution in [2.45, 2.75) is 0 Å². The van der Waals surface area contributed by atoms with Crippen LogP contribution in [-0.2, 0) is 20.2 Å². The minimum absolute atomic E-state index is 0.169. The molecule has 0 spiro atoms. The minimum atomic E-state index is -3.88. The summed E-state index contributed by atoms with van der Waals surface area (Å²) >= 11 is 2.81. The van der Waals surface area contributed by atoms with E-state index < -0.39 is 20.2 Å². The number of benzene rings is 1. The molecule has 4 N–H and O–H groups in total. The highest BCUT2D eigenvalue weighted by Gasteiger charge is 2.08. The summed E-state index contributed by atoms with van der Waals surface area (Å²) in [7, 11) is -7.35. The van der Waals surface area contributed by atoms with Crippen LogP contribution in [0.25, 0.3) is 0 Å². The maximum atomic E-state index is 11.2. The minimum Gasteiger partial charge on any atom is -0.283 e. The van der Waals surface area contributed by atoms with Gasteiger partial charge >= 0.3 is 0 Å². The molecule has 0 aliphatic rings. The molecule has 0 saturated carbocycles. The van der Waals surface area contributed by atoms with E-state index in [1.54, 1.807) is 0 Å². The Morgan fingerprint density at radius 2 is 1.65 bits per heavy atom. The molecule has 0 bridgehead atoms. The summed E-state index contributed by atoms with van der Waals surface area (Å²) in [6, 6.07) is 5.72. The number of sulfonamides is 1. The van der Waals surface area contributed by atoms with Crippen LogP contribution in [-0.4, -0.2) is 21.5 Å². The van der Waals surface area contributed by atoms with Crippen molar-refractivity contribution in [2.24, 2.45) is 5.14 Å². The molecular weight excluding hydrogens is 334 g/mol. The molecule has 1 aromatic rings. The van der Waals surface area contributed by atoms with Crippen LogP contribution in [0.4, 0.5) is 11.4 Å². The largest absolute Gasteiger partial charge is 0.296 e. The number of alkyl halides is 1. The Kier molecular flexibility index (Phi) is 4.36. The average molecular weight is 344 g/mol. The van der Waals surface area contributed by atoms with Gasteiger partial charge in [0.2, 0.25) is 10.0 Å². The van der Waals surface area contributed by atoms with Gasteiger partial charge in [-0.05, 0) is 18.2 Å². The lowest BCUT2D eigenvalue weighted by atomic mass is 10.3. The summed E-state index contributed by atoms with van der Waals surface area (Å²) < 4.78 is 48.1. The zero-order valence-corrected chi connectivity index (χ0v) is 11.6. The van der Waals surface area contributed by atoms with Crippen molar-refractivity contribution >= 4 is 47.5 Å². The second-order valence-electron chi connectivity index (χ2n) is 3.05. The van der Waals surface area contributed by atoms with Gasteiger partial charge in [-0.15, -0.1) is 0 Å². The molecule has 96 valence electrons. The summed E-state index contributed by atoms with van der Waals surface area (Å²) in [5.74, 6) is 0. The van der Waals surface area contributed by atoms with Gasteiger partial charge in [-0.2, -0.15) is 8.42 Å². The molecule has 1 rings (SSSR count). The highest BCUT2D eigenvalue weighted by Crippen LogP contribution is 2.17. The smallest absolute Gasteiger partial charge is 0.283 e. The third-order valence-electron chi connectivity index (χ3n) is 1.54. The molecule has 0 aliphatic heterocycles. The number of nitrogens with one attached hydrogen (secondary N) is 2. The van der Waals surface area contributed by atoms with Crippen molar-refractivity contribution in [1.82, 2.24) is 0 Å². The molecule has 10 heteroatoms. The normalized spacial score (nSPS) is 12.1. The van der Waals surface area contributed by atoms with E-state index in [-0.39, 0.29) is 16.0 Å². The first-order valence-electron chi connectivity index (χ1n) is 4.19. The van der Waals surface area contributed by atoms with Crippen LogP contribution < -0.4 is 14.6 Å². The van der Waals surface area contributed by atoms with Gasteiger partial charge in [-0.1, -0.05) is 22.0 Å². The van der Waals surface area contributed by atoms with Crippen molar-refractivity contribution in [3.05, 3.63) is 24.3 Å². The summed E-state index contributed by atoms with van der Waals surface area (Å²) in [5.41, 5.74) is 0.403. The molecule has 7 nitrogen and oxygen atoms in total. The summed E-state index contributed by atoms with van der Waals surface area (Å²) in [6.07, 6.45) is 0. The van der Waals surface area contributed by atoms with Crippen molar-refractivity contribution in [1.29, 1.82) is 0 Å². The van der Waals surface area contributed by atoms with Crippen LogP contribution >= 0.6 is 15.9 Å². The Labute approximate surface area is 108 Å². The van der Waals surface area contributed by atoms with Gasteiger partial charge < -0.3 is 0 Å².